The van der Waals surface area contributed by atoms with Gasteiger partial charge in [0.25, 0.3) is 0 Å². The topological polar surface area (TPSA) is 21.3 Å². The average molecular weight is 295 g/mol. The van der Waals surface area contributed by atoms with Crippen LogP contribution in [0, 0.1) is 17.5 Å². The van der Waals surface area contributed by atoms with Crippen LogP contribution in [0.15, 0.2) is 42.5 Å². The Morgan fingerprint density at radius 2 is 1.62 bits per heavy atom. The smallest absolute Gasteiger partial charge is 0.194 e. The van der Waals surface area contributed by atoms with Crippen LogP contribution in [0.1, 0.15) is 12.0 Å². The van der Waals surface area contributed by atoms with Crippen LogP contribution in [0.2, 0.25) is 0 Å². The third-order valence-electron chi connectivity index (χ3n) is 2.88. The molecule has 2 aromatic carbocycles. The van der Waals surface area contributed by atoms with Crippen molar-refractivity contribution in [2.75, 3.05) is 13.2 Å². The van der Waals surface area contributed by atoms with E-state index in [4.69, 9.17) is 4.74 Å². The van der Waals surface area contributed by atoms with E-state index in [0.29, 0.717) is 18.7 Å². The average Bonchev–Trinajstić information content (AvgIpc) is 2.49. The molecule has 0 atom stereocenters. The molecule has 112 valence electrons. The Morgan fingerprint density at radius 1 is 0.952 bits per heavy atom. The van der Waals surface area contributed by atoms with Gasteiger partial charge in [-0.15, -0.1) is 0 Å². The second kappa shape index (κ2) is 7.69. The molecule has 0 heterocycles. The molecule has 0 radical (unpaired) electrons. The van der Waals surface area contributed by atoms with Gasteiger partial charge in [0, 0.05) is 6.54 Å². The summed E-state index contributed by atoms with van der Waals surface area (Å²) in [5.41, 5.74) is 0.371. The van der Waals surface area contributed by atoms with E-state index in [1.54, 1.807) is 0 Å². The lowest BCUT2D eigenvalue weighted by Gasteiger charge is -2.08. The second-order valence-corrected chi connectivity index (χ2v) is 4.57. The fourth-order valence-electron chi connectivity index (χ4n) is 1.85. The first-order valence-electron chi connectivity index (χ1n) is 6.69. The summed E-state index contributed by atoms with van der Waals surface area (Å²) in [4.78, 5) is 0. The van der Waals surface area contributed by atoms with Gasteiger partial charge in [0.05, 0.1) is 6.61 Å². The fourth-order valence-corrected chi connectivity index (χ4v) is 1.85. The number of halogens is 3. The molecule has 0 amide bonds. The van der Waals surface area contributed by atoms with Crippen molar-refractivity contribution < 1.29 is 17.9 Å². The standard InChI is InChI=1S/C16H16F3NO/c17-14-9-12(10-15(18)16(14)19)11-20-7-4-8-21-13-5-2-1-3-6-13/h1-3,5-6,9-10,20H,4,7-8,11H2. The number of nitrogens with one attached hydrogen (secondary N) is 1. The van der Waals surface area contributed by atoms with Gasteiger partial charge in [-0.2, -0.15) is 0 Å². The highest BCUT2D eigenvalue weighted by molar-refractivity contribution is 5.21. The lowest BCUT2D eigenvalue weighted by atomic mass is 10.2. The minimum Gasteiger partial charge on any atom is -0.494 e. The molecule has 1 N–H and O–H groups in total. The maximum absolute atomic E-state index is 13.0. The van der Waals surface area contributed by atoms with Crippen molar-refractivity contribution >= 4 is 0 Å². The summed E-state index contributed by atoms with van der Waals surface area (Å²) in [7, 11) is 0. The van der Waals surface area contributed by atoms with Gasteiger partial charge in [-0.05, 0) is 42.8 Å². The molecule has 2 rings (SSSR count). The summed E-state index contributed by atoms with van der Waals surface area (Å²) in [5, 5.41) is 3.03. The Kier molecular flexibility index (Phi) is 5.63. The molecule has 5 heteroatoms. The van der Waals surface area contributed by atoms with E-state index in [1.165, 1.54) is 0 Å². The van der Waals surface area contributed by atoms with Gasteiger partial charge >= 0.3 is 0 Å². The van der Waals surface area contributed by atoms with Crippen molar-refractivity contribution in [2.45, 2.75) is 13.0 Å². The molecular formula is C16H16F3NO. The van der Waals surface area contributed by atoms with Gasteiger partial charge in [0.2, 0.25) is 0 Å². The van der Waals surface area contributed by atoms with Crippen molar-refractivity contribution in [2.24, 2.45) is 0 Å². The Balaban J connectivity index is 1.66. The molecule has 2 aromatic rings. The minimum atomic E-state index is -1.44. The predicted molar refractivity (Wildman–Crippen MR) is 74.6 cm³/mol. The minimum absolute atomic E-state index is 0.277. The maximum Gasteiger partial charge on any atom is 0.194 e. The number of hydrogen-bond acceptors (Lipinski definition) is 2. The fraction of sp³-hybridized carbons (Fsp3) is 0.250. The monoisotopic (exact) mass is 295 g/mol. The van der Waals surface area contributed by atoms with Crippen LogP contribution in [0.5, 0.6) is 5.75 Å². The van der Waals surface area contributed by atoms with Gasteiger partial charge in [0.1, 0.15) is 5.75 Å². The number of ether oxygens (including phenoxy) is 1. The highest BCUT2D eigenvalue weighted by Crippen LogP contribution is 2.13. The van der Waals surface area contributed by atoms with Crippen LogP contribution in [-0.4, -0.2) is 13.2 Å². The summed E-state index contributed by atoms with van der Waals surface area (Å²) < 4.78 is 44.3. The molecule has 0 fully saturated rings. The van der Waals surface area contributed by atoms with Crippen LogP contribution in [0.3, 0.4) is 0 Å². The summed E-state index contributed by atoms with van der Waals surface area (Å²) >= 11 is 0. The zero-order chi connectivity index (χ0) is 15.1. The molecule has 0 spiro atoms. The van der Waals surface area contributed by atoms with Crippen molar-refractivity contribution in [3.63, 3.8) is 0 Å². The number of rotatable bonds is 7. The highest BCUT2D eigenvalue weighted by atomic mass is 19.2. The zero-order valence-electron chi connectivity index (χ0n) is 11.4. The van der Waals surface area contributed by atoms with Gasteiger partial charge in [0.15, 0.2) is 17.5 Å². The van der Waals surface area contributed by atoms with Gasteiger partial charge in [-0.3, -0.25) is 0 Å². The molecule has 0 aromatic heterocycles. The van der Waals surface area contributed by atoms with Crippen LogP contribution in [0.25, 0.3) is 0 Å². The normalized spacial score (nSPS) is 10.6. The van der Waals surface area contributed by atoms with Gasteiger partial charge in [-0.1, -0.05) is 18.2 Å². The molecule has 0 saturated carbocycles. The Hall–Kier alpha value is -2.01. The molecular weight excluding hydrogens is 279 g/mol. The third-order valence-corrected chi connectivity index (χ3v) is 2.88. The zero-order valence-corrected chi connectivity index (χ0v) is 11.4. The number of benzene rings is 2. The third kappa shape index (κ3) is 4.79. The van der Waals surface area contributed by atoms with Crippen molar-refractivity contribution in [1.82, 2.24) is 5.32 Å². The van der Waals surface area contributed by atoms with Crippen LogP contribution >= 0.6 is 0 Å². The van der Waals surface area contributed by atoms with Gasteiger partial charge < -0.3 is 10.1 Å². The van der Waals surface area contributed by atoms with E-state index >= 15 is 0 Å². The Morgan fingerprint density at radius 3 is 2.29 bits per heavy atom. The van der Waals surface area contributed by atoms with Crippen molar-refractivity contribution in [1.29, 1.82) is 0 Å². The molecule has 0 aliphatic heterocycles. The van der Waals surface area contributed by atoms with Crippen LogP contribution in [-0.2, 0) is 6.54 Å². The van der Waals surface area contributed by atoms with E-state index in [2.05, 4.69) is 5.32 Å². The highest BCUT2D eigenvalue weighted by Gasteiger charge is 2.09. The molecule has 0 saturated heterocycles. The van der Waals surface area contributed by atoms with Crippen LogP contribution in [0.4, 0.5) is 13.2 Å². The quantitative estimate of drug-likeness (QED) is 0.622. The van der Waals surface area contributed by atoms with E-state index < -0.39 is 17.5 Å². The first kappa shape index (κ1) is 15.4. The molecule has 2 nitrogen and oxygen atoms in total. The number of hydrogen-bond donors (Lipinski definition) is 1. The summed E-state index contributed by atoms with van der Waals surface area (Å²) in [6, 6.07) is 11.4. The lowest BCUT2D eigenvalue weighted by Crippen LogP contribution is -2.17. The number of para-hydroxylation sites is 1. The molecule has 21 heavy (non-hydrogen) atoms. The Bertz CT molecular complexity index is 552. The van der Waals surface area contributed by atoms with E-state index in [-0.39, 0.29) is 6.54 Å². The molecule has 0 aliphatic rings. The van der Waals surface area contributed by atoms with Gasteiger partial charge in [-0.25, -0.2) is 13.2 Å². The molecule has 0 bridgehead atoms. The maximum atomic E-state index is 13.0. The SMILES string of the molecule is Fc1cc(CNCCCOc2ccccc2)cc(F)c1F. The Labute approximate surface area is 121 Å². The van der Waals surface area contributed by atoms with E-state index in [0.717, 1.165) is 24.3 Å². The van der Waals surface area contributed by atoms with E-state index in [1.807, 2.05) is 30.3 Å². The van der Waals surface area contributed by atoms with Crippen molar-refractivity contribution in [3.05, 3.63) is 65.5 Å². The summed E-state index contributed by atoms with van der Waals surface area (Å²) in [6.07, 6.45) is 0.751. The van der Waals surface area contributed by atoms with Crippen molar-refractivity contribution in [3.8, 4) is 5.75 Å². The lowest BCUT2D eigenvalue weighted by molar-refractivity contribution is 0.308. The molecule has 0 aliphatic carbocycles. The first-order chi connectivity index (χ1) is 10.2. The predicted octanol–water partition coefficient (Wildman–Crippen LogP) is 3.66. The van der Waals surface area contributed by atoms with Crippen LogP contribution < -0.4 is 10.1 Å². The first-order valence-corrected chi connectivity index (χ1v) is 6.69. The summed E-state index contributed by atoms with van der Waals surface area (Å²) in [6.45, 7) is 1.45. The second-order valence-electron chi connectivity index (χ2n) is 4.57. The molecule has 0 unspecified atom stereocenters. The van der Waals surface area contributed by atoms with E-state index in [9.17, 15) is 13.2 Å². The largest absolute Gasteiger partial charge is 0.494 e. The summed E-state index contributed by atoms with van der Waals surface area (Å²) in [5.74, 6) is -2.96.